The second-order valence-corrected chi connectivity index (χ2v) is 10.8. The van der Waals surface area contributed by atoms with Crippen molar-refractivity contribution < 1.29 is 20.1 Å². The van der Waals surface area contributed by atoms with Gasteiger partial charge >= 0.3 is 0 Å². The van der Waals surface area contributed by atoms with E-state index in [0.717, 1.165) is 25.2 Å². The van der Waals surface area contributed by atoms with E-state index in [1.54, 1.807) is 11.6 Å². The van der Waals surface area contributed by atoms with Crippen molar-refractivity contribution in [2.75, 3.05) is 43.4 Å². The molecule has 5 atom stereocenters. The lowest BCUT2D eigenvalue weighted by Crippen LogP contribution is -2.34. The number of fused-ring (bicyclic) bond motifs is 1. The Morgan fingerprint density at radius 3 is 2.62 bits per heavy atom. The summed E-state index contributed by atoms with van der Waals surface area (Å²) in [5.41, 5.74) is 1.91. The van der Waals surface area contributed by atoms with E-state index in [0.29, 0.717) is 35.9 Å². The fourth-order valence-electron chi connectivity index (χ4n) is 5.56. The monoisotopic (exact) mass is 579 g/mol. The SMILES string of the molecule is Cn1nnc([C@H]2O[C@@H](n3cnc4c(N[C@H](CO)Cc5ccccc5)nc(NCCN5CCCCC5)nc43)[C@H](O)[C@@H]2O)n1. The minimum atomic E-state index is -1.30. The van der Waals surface area contributed by atoms with E-state index < -0.39 is 24.5 Å². The molecule has 0 bridgehead atoms. The molecule has 6 rings (SSSR count). The predicted molar refractivity (Wildman–Crippen MR) is 152 cm³/mol. The minimum absolute atomic E-state index is 0.123. The van der Waals surface area contributed by atoms with E-state index in [1.807, 2.05) is 30.3 Å². The van der Waals surface area contributed by atoms with Crippen molar-refractivity contribution in [3.63, 3.8) is 0 Å². The molecule has 224 valence electrons. The first kappa shape index (κ1) is 28.4. The fraction of sp³-hybridized carbons (Fsp3) is 0.556. The van der Waals surface area contributed by atoms with Gasteiger partial charge in [-0.1, -0.05) is 36.8 Å². The van der Waals surface area contributed by atoms with Crippen molar-refractivity contribution in [3.05, 3.63) is 48.0 Å². The molecule has 0 unspecified atom stereocenters. The van der Waals surface area contributed by atoms with Crippen molar-refractivity contribution in [2.24, 2.45) is 7.05 Å². The van der Waals surface area contributed by atoms with Crippen LogP contribution in [0.3, 0.4) is 0 Å². The zero-order valence-electron chi connectivity index (χ0n) is 23.5. The Balaban J connectivity index is 1.29. The normalized spacial score (nSPS) is 23.8. The van der Waals surface area contributed by atoms with Crippen LogP contribution in [0, 0.1) is 0 Å². The van der Waals surface area contributed by atoms with Gasteiger partial charge in [-0.15, -0.1) is 10.2 Å². The molecule has 4 aromatic rings. The standard InChI is InChI=1S/C27H37N11O4/c1-36-34-24(33-35-36)22-20(40)21(41)26(42-22)38-16-29-19-23(30-18(15-39)14-17-8-4-2-5-9-17)31-27(32-25(19)38)28-10-13-37-11-6-3-7-12-37/h2,4-5,8-9,16,18,20-22,26,39-41H,3,6-7,10-15H2,1H3,(H2,28,30,31,32)/t18-,20-,21+,22-,26+/m0/s1. The van der Waals surface area contributed by atoms with Crippen molar-refractivity contribution in [2.45, 2.75) is 56.3 Å². The molecule has 5 N–H and O–H groups in total. The number of aliphatic hydroxyl groups is 3. The molecule has 5 heterocycles. The number of imidazole rings is 1. The zero-order chi connectivity index (χ0) is 29.1. The Morgan fingerprint density at radius 2 is 1.88 bits per heavy atom. The highest BCUT2D eigenvalue weighted by Crippen LogP contribution is 2.39. The van der Waals surface area contributed by atoms with Gasteiger partial charge in [-0.25, -0.2) is 4.98 Å². The zero-order valence-corrected chi connectivity index (χ0v) is 23.5. The maximum absolute atomic E-state index is 11.0. The molecule has 1 aromatic carbocycles. The Hall–Kier alpha value is -3.76. The van der Waals surface area contributed by atoms with E-state index in [1.165, 1.54) is 30.4 Å². The van der Waals surface area contributed by atoms with Gasteiger partial charge in [0.15, 0.2) is 29.3 Å². The minimum Gasteiger partial charge on any atom is -0.394 e. The van der Waals surface area contributed by atoms with Gasteiger partial charge in [0.1, 0.15) is 12.2 Å². The molecular formula is C27H37N11O4. The third-order valence-corrected chi connectivity index (χ3v) is 7.76. The molecule has 2 saturated heterocycles. The van der Waals surface area contributed by atoms with Crippen molar-refractivity contribution in [3.8, 4) is 0 Å². The van der Waals surface area contributed by atoms with Crippen molar-refractivity contribution in [1.82, 2.24) is 44.6 Å². The average molecular weight is 580 g/mol. The first-order valence-electron chi connectivity index (χ1n) is 14.4. The number of aliphatic hydroxyl groups excluding tert-OH is 3. The molecule has 42 heavy (non-hydrogen) atoms. The molecule has 2 aliphatic rings. The van der Waals surface area contributed by atoms with Crippen LogP contribution >= 0.6 is 0 Å². The highest BCUT2D eigenvalue weighted by molar-refractivity contribution is 5.84. The Labute approximate surface area is 242 Å². The quantitative estimate of drug-likeness (QED) is 0.163. The van der Waals surface area contributed by atoms with Gasteiger partial charge in [0.2, 0.25) is 11.8 Å². The number of hydrogen-bond acceptors (Lipinski definition) is 13. The van der Waals surface area contributed by atoms with Crippen LogP contribution in [0.5, 0.6) is 0 Å². The number of piperidine rings is 1. The lowest BCUT2D eigenvalue weighted by Gasteiger charge is -2.26. The van der Waals surface area contributed by atoms with Gasteiger partial charge in [0.25, 0.3) is 0 Å². The number of aryl methyl sites for hydroxylation is 1. The van der Waals surface area contributed by atoms with Crippen LogP contribution in [0.25, 0.3) is 11.2 Å². The number of likely N-dealkylation sites (tertiary alicyclic amines) is 1. The molecule has 2 fully saturated rings. The summed E-state index contributed by atoms with van der Waals surface area (Å²) in [6, 6.07) is 9.56. The topological polar surface area (TPSA) is 184 Å². The highest BCUT2D eigenvalue weighted by Gasteiger charge is 2.47. The van der Waals surface area contributed by atoms with Gasteiger partial charge < -0.3 is 35.6 Å². The third-order valence-electron chi connectivity index (χ3n) is 7.76. The largest absolute Gasteiger partial charge is 0.394 e. The second kappa shape index (κ2) is 12.6. The smallest absolute Gasteiger partial charge is 0.226 e. The Kier molecular flexibility index (Phi) is 8.53. The number of benzene rings is 1. The highest BCUT2D eigenvalue weighted by atomic mass is 16.6. The van der Waals surface area contributed by atoms with Crippen LogP contribution in [0.4, 0.5) is 11.8 Å². The van der Waals surface area contributed by atoms with Gasteiger partial charge in [0.05, 0.1) is 26.0 Å². The van der Waals surface area contributed by atoms with Crippen LogP contribution in [-0.4, -0.2) is 111 Å². The van der Waals surface area contributed by atoms with E-state index in [2.05, 4.69) is 35.9 Å². The van der Waals surface area contributed by atoms with Crippen LogP contribution in [-0.2, 0) is 18.2 Å². The second-order valence-electron chi connectivity index (χ2n) is 10.8. The van der Waals surface area contributed by atoms with Crippen LogP contribution in [0.2, 0.25) is 0 Å². The maximum Gasteiger partial charge on any atom is 0.226 e. The summed E-state index contributed by atoms with van der Waals surface area (Å²) < 4.78 is 7.63. The van der Waals surface area contributed by atoms with E-state index in [-0.39, 0.29) is 18.5 Å². The summed E-state index contributed by atoms with van der Waals surface area (Å²) in [5.74, 6) is 0.981. The van der Waals surface area contributed by atoms with Crippen LogP contribution in [0.1, 0.15) is 43.0 Å². The van der Waals surface area contributed by atoms with Gasteiger partial charge in [0, 0.05) is 13.1 Å². The fourth-order valence-corrected chi connectivity index (χ4v) is 5.56. The molecule has 0 saturated carbocycles. The third kappa shape index (κ3) is 6.05. The number of rotatable bonds is 11. The number of nitrogens with one attached hydrogen (secondary N) is 2. The number of anilines is 2. The lowest BCUT2D eigenvalue weighted by atomic mass is 10.1. The molecule has 0 spiro atoms. The summed E-state index contributed by atoms with van der Waals surface area (Å²) in [6.07, 6.45) is 1.17. The Bertz CT molecular complexity index is 1460. The number of nitrogens with zero attached hydrogens (tertiary/aromatic N) is 9. The summed E-state index contributed by atoms with van der Waals surface area (Å²) in [5, 5.41) is 50.5. The maximum atomic E-state index is 11.0. The molecule has 0 radical (unpaired) electrons. The molecule has 0 amide bonds. The van der Waals surface area contributed by atoms with Crippen LogP contribution < -0.4 is 10.6 Å². The Morgan fingerprint density at radius 1 is 1.07 bits per heavy atom. The van der Waals surface area contributed by atoms with Gasteiger partial charge in [-0.3, -0.25) is 4.57 Å². The number of tetrazole rings is 1. The summed E-state index contributed by atoms with van der Waals surface area (Å²) in [4.78, 5) is 17.7. The van der Waals surface area contributed by atoms with E-state index >= 15 is 0 Å². The molecule has 15 heteroatoms. The predicted octanol–water partition coefficient (Wildman–Crippen LogP) is 0.255. The summed E-state index contributed by atoms with van der Waals surface area (Å²) >= 11 is 0. The summed E-state index contributed by atoms with van der Waals surface area (Å²) in [7, 11) is 1.61. The lowest BCUT2D eigenvalue weighted by molar-refractivity contribution is -0.0384. The van der Waals surface area contributed by atoms with Gasteiger partial charge in [-0.05, 0) is 43.1 Å². The number of aromatic nitrogens is 8. The molecule has 2 aliphatic heterocycles. The molecular weight excluding hydrogens is 542 g/mol. The molecule has 3 aromatic heterocycles. The van der Waals surface area contributed by atoms with E-state index in [9.17, 15) is 15.3 Å². The van der Waals surface area contributed by atoms with Crippen LogP contribution in [0.15, 0.2) is 36.7 Å². The average Bonchev–Trinajstić information content (AvgIpc) is 3.71. The first-order valence-corrected chi connectivity index (χ1v) is 14.4. The van der Waals surface area contributed by atoms with E-state index in [4.69, 9.17) is 14.7 Å². The van der Waals surface area contributed by atoms with Crippen molar-refractivity contribution >= 4 is 22.9 Å². The number of ether oxygens (including phenoxy) is 1. The molecule has 0 aliphatic carbocycles. The van der Waals surface area contributed by atoms with Crippen molar-refractivity contribution in [1.29, 1.82) is 0 Å². The van der Waals surface area contributed by atoms with Gasteiger partial charge in [-0.2, -0.15) is 14.8 Å². The molecule has 15 nitrogen and oxygen atoms in total. The first-order chi connectivity index (χ1) is 20.5. The summed E-state index contributed by atoms with van der Waals surface area (Å²) in [6.45, 7) is 3.55. The number of hydrogen-bond donors (Lipinski definition) is 5.